The molecule has 1 amide bonds. The van der Waals surface area contributed by atoms with Gasteiger partial charge in [0.15, 0.2) is 11.4 Å². The van der Waals surface area contributed by atoms with Gasteiger partial charge in [-0.15, -0.1) is 0 Å². The lowest BCUT2D eigenvalue weighted by atomic mass is 9.88. The number of benzene rings is 2. The molecule has 0 radical (unpaired) electrons. The van der Waals surface area contributed by atoms with Crippen molar-refractivity contribution in [2.75, 3.05) is 11.4 Å². The summed E-state index contributed by atoms with van der Waals surface area (Å²) in [4.78, 5) is 27.2. The highest BCUT2D eigenvalue weighted by atomic mass is 79.9. The van der Waals surface area contributed by atoms with Crippen molar-refractivity contribution in [1.82, 2.24) is 0 Å². The molecule has 1 N–H and O–H groups in total. The van der Waals surface area contributed by atoms with Crippen LogP contribution >= 0.6 is 15.9 Å². The lowest BCUT2D eigenvalue weighted by Gasteiger charge is -2.22. The summed E-state index contributed by atoms with van der Waals surface area (Å²) in [7, 11) is 0. The second-order valence-corrected chi connectivity index (χ2v) is 7.21. The van der Waals surface area contributed by atoms with Gasteiger partial charge in [0.2, 0.25) is 0 Å². The number of unbranched alkanes of at least 4 members (excludes halogenated alkanes) is 1. The zero-order valence-electron chi connectivity index (χ0n) is 14.0. The average molecular weight is 402 g/mol. The van der Waals surface area contributed by atoms with E-state index in [0.717, 1.165) is 17.3 Å². The molecule has 25 heavy (non-hydrogen) atoms. The summed E-state index contributed by atoms with van der Waals surface area (Å²) in [6.07, 6.45) is 1.52. The summed E-state index contributed by atoms with van der Waals surface area (Å²) in [6, 6.07) is 14.2. The van der Waals surface area contributed by atoms with Crippen LogP contribution in [0.5, 0.6) is 0 Å². The predicted molar refractivity (Wildman–Crippen MR) is 101 cm³/mol. The van der Waals surface area contributed by atoms with Gasteiger partial charge in [0.1, 0.15) is 0 Å². The second kappa shape index (κ2) is 7.10. The number of hydrogen-bond donors (Lipinski definition) is 1. The summed E-state index contributed by atoms with van der Waals surface area (Å²) < 4.78 is 0.766. The summed E-state index contributed by atoms with van der Waals surface area (Å²) >= 11 is 3.39. The number of fused-ring (bicyclic) bond motifs is 1. The Morgan fingerprint density at radius 2 is 1.92 bits per heavy atom. The van der Waals surface area contributed by atoms with Crippen molar-refractivity contribution >= 4 is 33.3 Å². The number of aliphatic hydroxyl groups is 1. The lowest BCUT2D eigenvalue weighted by Crippen LogP contribution is -2.42. The SMILES string of the molecule is CCCCN1C(=O)[C@@](O)(CC(=O)c2ccccc2)c2cc(Br)ccc21. The molecule has 0 unspecified atom stereocenters. The van der Waals surface area contributed by atoms with Crippen LogP contribution in [0.3, 0.4) is 0 Å². The average Bonchev–Trinajstić information content (AvgIpc) is 2.81. The Bertz CT molecular complexity index is 806. The van der Waals surface area contributed by atoms with Crippen LogP contribution in [0.1, 0.15) is 42.1 Å². The molecule has 1 heterocycles. The predicted octanol–water partition coefficient (Wildman–Crippen LogP) is 4.06. The lowest BCUT2D eigenvalue weighted by molar-refractivity contribution is -0.135. The van der Waals surface area contributed by atoms with E-state index in [1.54, 1.807) is 35.2 Å². The number of carbonyl (C=O) groups excluding carboxylic acids is 2. The molecule has 0 bridgehead atoms. The van der Waals surface area contributed by atoms with Crippen molar-refractivity contribution in [2.24, 2.45) is 0 Å². The second-order valence-electron chi connectivity index (χ2n) is 6.30. The smallest absolute Gasteiger partial charge is 0.264 e. The fourth-order valence-corrected chi connectivity index (χ4v) is 3.55. The first-order chi connectivity index (χ1) is 12.0. The first-order valence-corrected chi connectivity index (χ1v) is 9.19. The van der Waals surface area contributed by atoms with Gasteiger partial charge in [-0.3, -0.25) is 9.59 Å². The molecule has 1 atom stereocenters. The zero-order chi connectivity index (χ0) is 18.0. The Morgan fingerprint density at radius 3 is 2.60 bits per heavy atom. The molecule has 1 aliphatic heterocycles. The van der Waals surface area contributed by atoms with Gasteiger partial charge in [0.05, 0.1) is 12.1 Å². The Kier molecular flexibility index (Phi) is 5.06. The molecule has 5 heteroatoms. The Morgan fingerprint density at radius 1 is 1.20 bits per heavy atom. The summed E-state index contributed by atoms with van der Waals surface area (Å²) in [5, 5.41) is 11.2. The molecule has 4 nitrogen and oxygen atoms in total. The first kappa shape index (κ1) is 17.8. The van der Waals surface area contributed by atoms with Crippen LogP contribution in [-0.4, -0.2) is 23.3 Å². The van der Waals surface area contributed by atoms with Gasteiger partial charge in [0, 0.05) is 22.1 Å². The van der Waals surface area contributed by atoms with Gasteiger partial charge in [-0.05, 0) is 24.6 Å². The Hall–Kier alpha value is -1.98. The quantitative estimate of drug-likeness (QED) is 0.742. The van der Waals surface area contributed by atoms with Gasteiger partial charge < -0.3 is 10.0 Å². The molecule has 0 saturated heterocycles. The first-order valence-electron chi connectivity index (χ1n) is 8.40. The minimum Gasteiger partial charge on any atom is -0.375 e. The number of anilines is 1. The van der Waals surface area contributed by atoms with E-state index in [1.165, 1.54) is 0 Å². The molecule has 0 spiro atoms. The molecule has 3 rings (SSSR count). The maximum atomic E-state index is 13.0. The number of amides is 1. The van der Waals surface area contributed by atoms with E-state index in [0.29, 0.717) is 23.4 Å². The van der Waals surface area contributed by atoms with E-state index in [-0.39, 0.29) is 12.2 Å². The highest BCUT2D eigenvalue weighted by molar-refractivity contribution is 9.10. The van der Waals surface area contributed by atoms with E-state index < -0.39 is 11.5 Å². The third-order valence-corrected chi connectivity index (χ3v) is 5.03. The molecule has 0 saturated carbocycles. The van der Waals surface area contributed by atoms with Crippen molar-refractivity contribution in [3.63, 3.8) is 0 Å². The van der Waals surface area contributed by atoms with Gasteiger partial charge in [-0.1, -0.05) is 59.6 Å². The zero-order valence-corrected chi connectivity index (χ0v) is 15.6. The number of Topliss-reactive ketones (excluding diaryl/α,β-unsaturated/α-hetero) is 1. The number of hydrogen-bond acceptors (Lipinski definition) is 3. The number of carbonyl (C=O) groups is 2. The summed E-state index contributed by atoms with van der Waals surface area (Å²) in [5.41, 5.74) is -0.149. The Labute approximate surface area is 155 Å². The summed E-state index contributed by atoms with van der Waals surface area (Å²) in [5.74, 6) is -0.668. The van der Waals surface area contributed by atoms with Gasteiger partial charge in [0.25, 0.3) is 5.91 Å². The molecule has 0 aromatic heterocycles. The highest BCUT2D eigenvalue weighted by Gasteiger charge is 2.50. The topological polar surface area (TPSA) is 57.6 Å². The van der Waals surface area contributed by atoms with E-state index in [9.17, 15) is 14.7 Å². The van der Waals surface area contributed by atoms with Crippen molar-refractivity contribution in [1.29, 1.82) is 0 Å². The van der Waals surface area contributed by atoms with Gasteiger partial charge in [-0.25, -0.2) is 0 Å². The molecule has 2 aromatic rings. The fourth-order valence-electron chi connectivity index (χ4n) is 3.19. The van der Waals surface area contributed by atoms with Gasteiger partial charge in [-0.2, -0.15) is 0 Å². The fraction of sp³-hybridized carbons (Fsp3) is 0.300. The van der Waals surface area contributed by atoms with Crippen LogP contribution in [0.25, 0.3) is 0 Å². The largest absolute Gasteiger partial charge is 0.375 e. The minimum absolute atomic E-state index is 0.250. The molecule has 2 aromatic carbocycles. The third kappa shape index (κ3) is 3.26. The molecule has 0 aliphatic carbocycles. The van der Waals surface area contributed by atoms with Crippen LogP contribution < -0.4 is 4.90 Å². The number of nitrogens with zero attached hydrogens (tertiary/aromatic N) is 1. The normalized spacial score (nSPS) is 19.2. The van der Waals surface area contributed by atoms with E-state index in [2.05, 4.69) is 15.9 Å². The molecule has 1 aliphatic rings. The molecule has 130 valence electrons. The highest BCUT2D eigenvalue weighted by Crippen LogP contribution is 2.44. The summed E-state index contributed by atoms with van der Waals surface area (Å²) in [6.45, 7) is 2.58. The van der Waals surface area contributed by atoms with E-state index >= 15 is 0 Å². The number of ketones is 1. The number of rotatable bonds is 6. The monoisotopic (exact) mass is 401 g/mol. The van der Waals surface area contributed by atoms with Crippen molar-refractivity contribution in [3.05, 3.63) is 64.1 Å². The maximum absolute atomic E-state index is 13.0. The van der Waals surface area contributed by atoms with Gasteiger partial charge >= 0.3 is 0 Å². The van der Waals surface area contributed by atoms with Crippen LogP contribution in [0, 0.1) is 0 Å². The number of halogens is 1. The molecular formula is C20H20BrNO3. The standard InChI is InChI=1S/C20H20BrNO3/c1-2-3-11-22-17-10-9-15(21)12-16(17)20(25,19(22)24)13-18(23)14-7-5-4-6-8-14/h4-10,12,25H,2-3,11,13H2,1H3/t20-/m1/s1. The van der Waals surface area contributed by atoms with Crippen molar-refractivity contribution < 1.29 is 14.7 Å². The molecule has 0 fully saturated rings. The van der Waals surface area contributed by atoms with E-state index in [1.807, 2.05) is 25.1 Å². The minimum atomic E-state index is -1.82. The molecular weight excluding hydrogens is 382 g/mol. The maximum Gasteiger partial charge on any atom is 0.264 e. The van der Waals surface area contributed by atoms with Crippen LogP contribution in [0.2, 0.25) is 0 Å². The van der Waals surface area contributed by atoms with Crippen LogP contribution in [0.15, 0.2) is 53.0 Å². The Balaban J connectivity index is 1.98. The van der Waals surface area contributed by atoms with E-state index in [4.69, 9.17) is 0 Å². The third-order valence-electron chi connectivity index (χ3n) is 4.54. The van der Waals surface area contributed by atoms with Crippen LogP contribution in [0.4, 0.5) is 5.69 Å². The van der Waals surface area contributed by atoms with Crippen LogP contribution in [-0.2, 0) is 10.4 Å². The van der Waals surface area contributed by atoms with Crippen molar-refractivity contribution in [2.45, 2.75) is 31.8 Å². The van der Waals surface area contributed by atoms with Crippen molar-refractivity contribution in [3.8, 4) is 0 Å².